The first-order chi connectivity index (χ1) is 13.2. The van der Waals surface area contributed by atoms with E-state index in [0.29, 0.717) is 0 Å². The Hall–Kier alpha value is -3.33. The number of carbonyl (C=O) groups excluding carboxylic acids is 1. The Kier molecular flexibility index (Phi) is 3.61. The van der Waals surface area contributed by atoms with Gasteiger partial charge in [0.2, 0.25) is 5.91 Å². The van der Waals surface area contributed by atoms with Crippen LogP contribution in [-0.2, 0) is 4.79 Å². The molecule has 0 atom stereocenters. The van der Waals surface area contributed by atoms with Gasteiger partial charge in [0, 0.05) is 30.3 Å². The maximum absolute atomic E-state index is 12.8. The third-order valence-corrected chi connectivity index (χ3v) is 5.34. The van der Waals surface area contributed by atoms with Crippen molar-refractivity contribution in [3.05, 3.63) is 89.5 Å². The lowest BCUT2D eigenvalue weighted by Crippen LogP contribution is -2.19. The van der Waals surface area contributed by atoms with Crippen molar-refractivity contribution in [2.45, 2.75) is 6.42 Å². The first kappa shape index (κ1) is 15.9. The third kappa shape index (κ3) is 2.55. The highest BCUT2D eigenvalue weighted by molar-refractivity contribution is 6.11. The van der Waals surface area contributed by atoms with E-state index in [4.69, 9.17) is 4.74 Å². The molecular formula is C24H19NO2. The molecule has 0 saturated carbocycles. The number of nitrogens with zero attached hydrogens (tertiary/aromatic N) is 1. The highest BCUT2D eigenvalue weighted by Gasteiger charge is 2.30. The van der Waals surface area contributed by atoms with Crippen LogP contribution in [0.1, 0.15) is 17.5 Å². The average molecular weight is 353 g/mol. The summed E-state index contributed by atoms with van der Waals surface area (Å²) in [5.41, 5.74) is 3.88. The van der Waals surface area contributed by atoms with Gasteiger partial charge in [-0.3, -0.25) is 4.79 Å². The SMILES string of the molecule is CN1CC/C(=C2/C=C(c3ccccc3)Oc3ccc4ccccc4c32)C1=O. The molecule has 3 aromatic carbocycles. The Balaban J connectivity index is 1.80. The van der Waals surface area contributed by atoms with E-state index in [1.807, 2.05) is 61.7 Å². The van der Waals surface area contributed by atoms with Crippen molar-refractivity contribution in [3.8, 4) is 5.75 Å². The van der Waals surface area contributed by atoms with Crippen molar-refractivity contribution in [3.63, 3.8) is 0 Å². The van der Waals surface area contributed by atoms with E-state index in [1.54, 1.807) is 4.90 Å². The molecule has 27 heavy (non-hydrogen) atoms. The van der Waals surface area contributed by atoms with Crippen molar-refractivity contribution in [1.29, 1.82) is 0 Å². The van der Waals surface area contributed by atoms with E-state index >= 15 is 0 Å². The summed E-state index contributed by atoms with van der Waals surface area (Å²) in [7, 11) is 1.86. The smallest absolute Gasteiger partial charge is 0.250 e. The van der Waals surface area contributed by atoms with Crippen LogP contribution in [0.5, 0.6) is 5.75 Å². The molecule has 2 heterocycles. The van der Waals surface area contributed by atoms with E-state index < -0.39 is 0 Å². The molecule has 3 heteroatoms. The number of carbonyl (C=O) groups is 1. The Bertz CT molecular complexity index is 1130. The lowest BCUT2D eigenvalue weighted by Gasteiger charge is -2.23. The monoisotopic (exact) mass is 353 g/mol. The second kappa shape index (κ2) is 6.13. The highest BCUT2D eigenvalue weighted by Crippen LogP contribution is 2.43. The Morgan fingerprint density at radius 1 is 0.926 bits per heavy atom. The minimum Gasteiger partial charge on any atom is -0.456 e. The summed E-state index contributed by atoms with van der Waals surface area (Å²) in [6.07, 6.45) is 2.79. The summed E-state index contributed by atoms with van der Waals surface area (Å²) < 4.78 is 6.28. The van der Waals surface area contributed by atoms with Gasteiger partial charge >= 0.3 is 0 Å². The standard InChI is InChI=1S/C24H19NO2/c1-25-14-13-19(24(25)26)20-15-22(17-8-3-2-4-9-17)27-21-12-11-16-7-5-6-10-18(16)23(20)21/h2-12,15H,13-14H2,1H3/b20-19+. The normalized spacial score (nSPS) is 19.1. The molecule has 2 aliphatic rings. The van der Waals surface area contributed by atoms with Gasteiger partial charge in [0.1, 0.15) is 11.5 Å². The van der Waals surface area contributed by atoms with Gasteiger partial charge in [0.05, 0.1) is 0 Å². The summed E-state index contributed by atoms with van der Waals surface area (Å²) in [5.74, 6) is 1.69. The van der Waals surface area contributed by atoms with Crippen molar-refractivity contribution < 1.29 is 9.53 Å². The molecule has 3 aromatic rings. The topological polar surface area (TPSA) is 29.5 Å². The molecule has 5 rings (SSSR count). The van der Waals surface area contributed by atoms with Gasteiger partial charge in [-0.15, -0.1) is 0 Å². The van der Waals surface area contributed by atoms with Crippen LogP contribution >= 0.6 is 0 Å². The average Bonchev–Trinajstić information content (AvgIpc) is 3.06. The number of rotatable bonds is 1. The fraction of sp³-hybridized carbons (Fsp3) is 0.125. The number of likely N-dealkylation sites (N-methyl/N-ethyl adjacent to an activating group) is 1. The molecule has 1 amide bonds. The Morgan fingerprint density at radius 2 is 1.70 bits per heavy atom. The zero-order chi connectivity index (χ0) is 18.4. The van der Waals surface area contributed by atoms with Gasteiger partial charge in [-0.2, -0.15) is 0 Å². The molecule has 0 unspecified atom stereocenters. The van der Waals surface area contributed by atoms with Crippen molar-refractivity contribution in [1.82, 2.24) is 4.90 Å². The number of hydrogen-bond donors (Lipinski definition) is 0. The molecule has 3 nitrogen and oxygen atoms in total. The van der Waals surface area contributed by atoms with Crippen molar-refractivity contribution >= 4 is 28.0 Å². The van der Waals surface area contributed by atoms with Gasteiger partial charge in [0.25, 0.3) is 0 Å². The molecule has 0 bridgehead atoms. The first-order valence-electron chi connectivity index (χ1n) is 9.18. The fourth-order valence-corrected chi connectivity index (χ4v) is 3.92. The van der Waals surface area contributed by atoms with Crippen LogP contribution in [0.2, 0.25) is 0 Å². The van der Waals surface area contributed by atoms with E-state index in [9.17, 15) is 4.79 Å². The highest BCUT2D eigenvalue weighted by atomic mass is 16.5. The molecule has 1 saturated heterocycles. The summed E-state index contributed by atoms with van der Waals surface area (Å²) >= 11 is 0. The van der Waals surface area contributed by atoms with Crippen LogP contribution in [-0.4, -0.2) is 24.4 Å². The predicted molar refractivity (Wildman–Crippen MR) is 108 cm³/mol. The lowest BCUT2D eigenvalue weighted by atomic mass is 9.90. The van der Waals surface area contributed by atoms with Crippen LogP contribution < -0.4 is 4.74 Å². The molecule has 0 spiro atoms. The summed E-state index contributed by atoms with van der Waals surface area (Å²) in [6.45, 7) is 0.757. The van der Waals surface area contributed by atoms with E-state index in [-0.39, 0.29) is 5.91 Å². The van der Waals surface area contributed by atoms with Gasteiger partial charge < -0.3 is 9.64 Å². The number of hydrogen-bond acceptors (Lipinski definition) is 2. The summed E-state index contributed by atoms with van der Waals surface area (Å²) in [4.78, 5) is 14.6. The van der Waals surface area contributed by atoms with Crippen molar-refractivity contribution in [2.24, 2.45) is 0 Å². The van der Waals surface area contributed by atoms with Gasteiger partial charge in [0.15, 0.2) is 0 Å². The summed E-state index contributed by atoms with van der Waals surface area (Å²) in [5, 5.41) is 2.26. The van der Waals surface area contributed by atoms with Crippen LogP contribution in [0.25, 0.3) is 22.1 Å². The number of allylic oxidation sites excluding steroid dienone is 2. The predicted octanol–water partition coefficient (Wildman–Crippen LogP) is 4.89. The second-order valence-corrected chi connectivity index (χ2v) is 7.01. The largest absolute Gasteiger partial charge is 0.456 e. The number of amides is 1. The third-order valence-electron chi connectivity index (χ3n) is 5.34. The molecular weight excluding hydrogens is 334 g/mol. The molecule has 0 N–H and O–H groups in total. The number of ether oxygens (including phenoxy) is 1. The number of likely N-dealkylation sites (tertiary alicyclic amines) is 1. The summed E-state index contributed by atoms with van der Waals surface area (Å²) in [6, 6.07) is 22.4. The minimum atomic E-state index is 0.106. The van der Waals surface area contributed by atoms with Crippen LogP contribution in [0.15, 0.2) is 78.4 Å². The Labute approximate surface area is 158 Å². The van der Waals surface area contributed by atoms with Gasteiger partial charge in [-0.05, 0) is 34.9 Å². The maximum Gasteiger partial charge on any atom is 0.250 e. The van der Waals surface area contributed by atoms with E-state index in [2.05, 4.69) is 18.2 Å². The van der Waals surface area contributed by atoms with E-state index in [0.717, 1.165) is 57.5 Å². The lowest BCUT2D eigenvalue weighted by molar-refractivity contribution is -0.123. The quantitative estimate of drug-likeness (QED) is 0.583. The fourth-order valence-electron chi connectivity index (χ4n) is 3.92. The zero-order valence-electron chi connectivity index (χ0n) is 15.1. The number of benzene rings is 3. The molecule has 2 aliphatic heterocycles. The number of fused-ring (bicyclic) bond motifs is 3. The molecule has 1 fully saturated rings. The Morgan fingerprint density at radius 3 is 2.48 bits per heavy atom. The van der Waals surface area contributed by atoms with Gasteiger partial charge in [-0.25, -0.2) is 0 Å². The van der Waals surface area contributed by atoms with Gasteiger partial charge in [-0.1, -0.05) is 60.7 Å². The zero-order valence-corrected chi connectivity index (χ0v) is 15.1. The second-order valence-electron chi connectivity index (χ2n) is 7.01. The first-order valence-corrected chi connectivity index (χ1v) is 9.18. The van der Waals surface area contributed by atoms with Crippen LogP contribution in [0, 0.1) is 0 Å². The molecule has 0 aliphatic carbocycles. The molecule has 0 aromatic heterocycles. The molecule has 132 valence electrons. The maximum atomic E-state index is 12.8. The van der Waals surface area contributed by atoms with Crippen LogP contribution in [0.3, 0.4) is 0 Å². The molecule has 0 radical (unpaired) electrons. The minimum absolute atomic E-state index is 0.106. The van der Waals surface area contributed by atoms with Crippen molar-refractivity contribution in [2.75, 3.05) is 13.6 Å². The van der Waals surface area contributed by atoms with E-state index in [1.165, 1.54) is 0 Å². The van der Waals surface area contributed by atoms with Crippen LogP contribution in [0.4, 0.5) is 0 Å².